The Morgan fingerprint density at radius 3 is 1.97 bits per heavy atom. The van der Waals surface area contributed by atoms with Crippen LogP contribution in [0.4, 0.5) is 37.8 Å². The average molecular weight is 524 g/mol. The number of piperidine rings is 1. The molecular formula is C25H22F6N4O2. The summed E-state index contributed by atoms with van der Waals surface area (Å²) in [6, 6.07) is 12.0. The van der Waals surface area contributed by atoms with Crippen LogP contribution in [0, 0.1) is 5.92 Å². The molecule has 1 N–H and O–H groups in total. The molecule has 3 aromatic rings. The molecule has 1 amide bonds. The van der Waals surface area contributed by atoms with E-state index in [-0.39, 0.29) is 6.07 Å². The van der Waals surface area contributed by atoms with Crippen LogP contribution in [0.15, 0.2) is 54.6 Å². The molecule has 1 fully saturated rings. The molecule has 4 rings (SSSR count). The summed E-state index contributed by atoms with van der Waals surface area (Å²) in [6.45, 7) is 0.843. The number of amides is 1. The summed E-state index contributed by atoms with van der Waals surface area (Å²) in [5, 5.41) is 10.7. The van der Waals surface area contributed by atoms with Gasteiger partial charge in [0.2, 0.25) is 5.91 Å². The van der Waals surface area contributed by atoms with Crippen LogP contribution in [0.1, 0.15) is 24.0 Å². The third kappa shape index (κ3) is 6.30. The summed E-state index contributed by atoms with van der Waals surface area (Å²) >= 11 is 0. The van der Waals surface area contributed by atoms with Crippen molar-refractivity contribution < 1.29 is 35.9 Å². The molecule has 12 heteroatoms. The number of anilines is 2. The van der Waals surface area contributed by atoms with E-state index in [4.69, 9.17) is 4.74 Å². The van der Waals surface area contributed by atoms with E-state index in [9.17, 15) is 31.1 Å². The van der Waals surface area contributed by atoms with Gasteiger partial charge in [0.25, 0.3) is 0 Å². The van der Waals surface area contributed by atoms with Crippen LogP contribution in [-0.2, 0) is 17.1 Å². The maximum atomic E-state index is 13.1. The van der Waals surface area contributed by atoms with Gasteiger partial charge in [0.15, 0.2) is 5.82 Å². The van der Waals surface area contributed by atoms with Gasteiger partial charge in [-0.25, -0.2) is 0 Å². The molecule has 0 radical (unpaired) electrons. The topological polar surface area (TPSA) is 67.3 Å². The van der Waals surface area contributed by atoms with Crippen molar-refractivity contribution in [3.8, 4) is 17.0 Å². The first-order valence-corrected chi connectivity index (χ1v) is 11.3. The van der Waals surface area contributed by atoms with Crippen molar-refractivity contribution in [2.45, 2.75) is 25.2 Å². The number of halogens is 6. The first kappa shape index (κ1) is 26.2. The largest absolute Gasteiger partial charge is 0.497 e. The number of rotatable bonds is 5. The zero-order valence-corrected chi connectivity index (χ0v) is 19.5. The Kier molecular flexibility index (Phi) is 7.28. The predicted molar refractivity (Wildman–Crippen MR) is 124 cm³/mol. The molecule has 0 bridgehead atoms. The quantitative estimate of drug-likeness (QED) is 0.412. The highest BCUT2D eigenvalue weighted by Gasteiger charge is 2.37. The second kappa shape index (κ2) is 10.3. The minimum atomic E-state index is -4.99. The monoisotopic (exact) mass is 524 g/mol. The fourth-order valence-corrected chi connectivity index (χ4v) is 4.05. The molecule has 1 aliphatic heterocycles. The number of alkyl halides is 6. The summed E-state index contributed by atoms with van der Waals surface area (Å²) in [4.78, 5) is 14.6. The molecule has 0 saturated carbocycles. The van der Waals surface area contributed by atoms with Gasteiger partial charge < -0.3 is 15.0 Å². The number of hydrogen-bond donors (Lipinski definition) is 1. The van der Waals surface area contributed by atoms with Gasteiger partial charge in [-0.1, -0.05) is 0 Å². The van der Waals surface area contributed by atoms with Gasteiger partial charge in [0.1, 0.15) is 5.75 Å². The molecule has 196 valence electrons. The highest BCUT2D eigenvalue weighted by Crippen LogP contribution is 2.38. The number of nitrogens with zero attached hydrogens (tertiary/aromatic N) is 3. The van der Waals surface area contributed by atoms with Crippen LogP contribution in [0.25, 0.3) is 11.3 Å². The maximum absolute atomic E-state index is 13.1. The van der Waals surface area contributed by atoms with Crippen LogP contribution in [-0.4, -0.2) is 36.3 Å². The van der Waals surface area contributed by atoms with E-state index in [0.717, 1.165) is 5.56 Å². The highest BCUT2D eigenvalue weighted by molar-refractivity contribution is 5.93. The van der Waals surface area contributed by atoms with Crippen molar-refractivity contribution in [1.29, 1.82) is 0 Å². The van der Waals surface area contributed by atoms with E-state index in [2.05, 4.69) is 15.5 Å². The molecule has 0 unspecified atom stereocenters. The van der Waals surface area contributed by atoms with Crippen LogP contribution in [0.5, 0.6) is 5.75 Å². The van der Waals surface area contributed by atoms with E-state index in [1.54, 1.807) is 13.2 Å². The third-order valence-electron chi connectivity index (χ3n) is 6.08. The number of carbonyl (C=O) groups excluding carboxylic acids is 1. The van der Waals surface area contributed by atoms with Crippen molar-refractivity contribution in [1.82, 2.24) is 10.2 Å². The van der Waals surface area contributed by atoms with Gasteiger partial charge in [-0.05, 0) is 67.4 Å². The summed E-state index contributed by atoms with van der Waals surface area (Å²) < 4.78 is 83.6. The van der Waals surface area contributed by atoms with E-state index >= 15 is 0 Å². The molecule has 2 aromatic carbocycles. The second-order valence-electron chi connectivity index (χ2n) is 8.55. The van der Waals surface area contributed by atoms with Gasteiger partial charge in [-0.2, -0.15) is 26.3 Å². The standard InChI is InChI=1S/C25H22F6N4O2/c1-37-20-4-2-15(3-5-20)21-6-7-22(34-33-21)35-10-8-16(9-11-35)23(36)32-19-13-17(24(26,27)28)12-18(14-19)25(29,30)31/h2-7,12-14,16H,8-11H2,1H3,(H,32,36). The van der Waals surface area contributed by atoms with Gasteiger partial charge >= 0.3 is 12.4 Å². The number of benzene rings is 2. The first-order chi connectivity index (χ1) is 17.4. The van der Waals surface area contributed by atoms with Crippen molar-refractivity contribution in [3.63, 3.8) is 0 Å². The molecule has 1 aliphatic rings. The zero-order valence-electron chi connectivity index (χ0n) is 19.5. The summed E-state index contributed by atoms with van der Waals surface area (Å²) in [6.07, 6.45) is -9.29. The highest BCUT2D eigenvalue weighted by atomic mass is 19.4. The van der Waals surface area contributed by atoms with Gasteiger partial charge in [0.05, 0.1) is 23.9 Å². The van der Waals surface area contributed by atoms with Crippen LogP contribution < -0.4 is 15.0 Å². The minimum absolute atomic E-state index is 0.0229. The maximum Gasteiger partial charge on any atom is 0.416 e. The van der Waals surface area contributed by atoms with E-state index in [1.165, 1.54) is 0 Å². The summed E-state index contributed by atoms with van der Waals surface area (Å²) in [5.74, 6) is 0.109. The lowest BCUT2D eigenvalue weighted by Crippen LogP contribution is -2.38. The van der Waals surface area contributed by atoms with Crippen LogP contribution in [0.3, 0.4) is 0 Å². The lowest BCUT2D eigenvalue weighted by Gasteiger charge is -2.32. The fourth-order valence-electron chi connectivity index (χ4n) is 4.05. The Labute approximate surface area is 208 Å². The summed E-state index contributed by atoms with van der Waals surface area (Å²) in [7, 11) is 1.57. The van der Waals surface area contributed by atoms with E-state index in [1.807, 2.05) is 35.2 Å². The van der Waals surface area contributed by atoms with Crippen LogP contribution in [0.2, 0.25) is 0 Å². The van der Waals surface area contributed by atoms with E-state index < -0.39 is 41.0 Å². The fraction of sp³-hybridized carbons (Fsp3) is 0.320. The minimum Gasteiger partial charge on any atom is -0.497 e. The molecule has 2 heterocycles. The predicted octanol–water partition coefficient (Wildman–Crippen LogP) is 6.04. The normalized spacial score (nSPS) is 14.9. The third-order valence-corrected chi connectivity index (χ3v) is 6.08. The molecule has 0 spiro atoms. The SMILES string of the molecule is COc1ccc(-c2ccc(N3CCC(C(=O)Nc4cc(C(F)(F)F)cc(C(F)(F)F)c4)CC3)nn2)cc1. The summed E-state index contributed by atoms with van der Waals surface area (Å²) in [5.41, 5.74) is -1.98. The molecular weight excluding hydrogens is 502 g/mol. The number of aromatic nitrogens is 2. The average Bonchev–Trinajstić information content (AvgIpc) is 2.88. The Hall–Kier alpha value is -3.83. The molecule has 0 aliphatic carbocycles. The lowest BCUT2D eigenvalue weighted by atomic mass is 9.95. The van der Waals surface area contributed by atoms with E-state index in [0.29, 0.717) is 55.3 Å². The van der Waals surface area contributed by atoms with Crippen molar-refractivity contribution >= 4 is 17.4 Å². The number of methoxy groups -OCH3 is 1. The Morgan fingerprint density at radius 1 is 0.892 bits per heavy atom. The zero-order chi connectivity index (χ0) is 26.8. The Balaban J connectivity index is 1.38. The molecule has 1 saturated heterocycles. The Bertz CT molecular complexity index is 1200. The molecule has 37 heavy (non-hydrogen) atoms. The number of hydrogen-bond acceptors (Lipinski definition) is 5. The smallest absolute Gasteiger partial charge is 0.416 e. The van der Waals surface area contributed by atoms with Gasteiger partial charge in [-0.15, -0.1) is 10.2 Å². The van der Waals surface area contributed by atoms with Gasteiger partial charge in [-0.3, -0.25) is 4.79 Å². The van der Waals surface area contributed by atoms with Crippen molar-refractivity contribution in [2.24, 2.45) is 5.92 Å². The first-order valence-electron chi connectivity index (χ1n) is 11.3. The molecule has 6 nitrogen and oxygen atoms in total. The van der Waals surface area contributed by atoms with Crippen molar-refractivity contribution in [2.75, 3.05) is 30.4 Å². The Morgan fingerprint density at radius 2 is 1.49 bits per heavy atom. The number of carbonyl (C=O) groups is 1. The lowest BCUT2D eigenvalue weighted by molar-refractivity contribution is -0.143. The number of ether oxygens (including phenoxy) is 1. The van der Waals surface area contributed by atoms with Crippen LogP contribution >= 0.6 is 0 Å². The van der Waals surface area contributed by atoms with Gasteiger partial charge in [0, 0.05) is 30.3 Å². The molecule has 1 aromatic heterocycles. The molecule has 0 atom stereocenters. The number of nitrogens with one attached hydrogen (secondary N) is 1. The van der Waals surface area contributed by atoms with Crippen molar-refractivity contribution in [3.05, 3.63) is 65.7 Å². The second-order valence-corrected chi connectivity index (χ2v) is 8.55.